The SMILES string of the molecule is CCC(CC1CC1)C[N+](=O)[O-]. The summed E-state index contributed by atoms with van der Waals surface area (Å²) in [6.45, 7) is 2.21. The molecule has 1 fully saturated rings. The first kappa shape index (κ1) is 8.50. The summed E-state index contributed by atoms with van der Waals surface area (Å²) in [6.07, 6.45) is 4.64. The van der Waals surface area contributed by atoms with Gasteiger partial charge in [0.05, 0.1) is 0 Å². The van der Waals surface area contributed by atoms with Crippen LogP contribution in [0.25, 0.3) is 0 Å². The van der Waals surface area contributed by atoms with E-state index < -0.39 is 0 Å². The van der Waals surface area contributed by atoms with Gasteiger partial charge < -0.3 is 0 Å². The van der Waals surface area contributed by atoms with Gasteiger partial charge in [-0.2, -0.15) is 0 Å². The molecule has 0 aromatic carbocycles. The van der Waals surface area contributed by atoms with Gasteiger partial charge in [-0.15, -0.1) is 0 Å². The van der Waals surface area contributed by atoms with E-state index in [9.17, 15) is 10.1 Å². The van der Waals surface area contributed by atoms with Crippen molar-refractivity contribution in [2.24, 2.45) is 11.8 Å². The van der Waals surface area contributed by atoms with Gasteiger partial charge in [-0.3, -0.25) is 10.1 Å². The summed E-state index contributed by atoms with van der Waals surface area (Å²) in [6, 6.07) is 0. The lowest BCUT2D eigenvalue weighted by atomic mass is 10.00. The fourth-order valence-electron chi connectivity index (χ4n) is 1.41. The molecule has 0 saturated heterocycles. The molecular formula is C8H15NO2. The highest BCUT2D eigenvalue weighted by Crippen LogP contribution is 2.36. The molecule has 1 rings (SSSR count). The van der Waals surface area contributed by atoms with E-state index >= 15 is 0 Å². The van der Waals surface area contributed by atoms with E-state index in [4.69, 9.17) is 0 Å². The van der Waals surface area contributed by atoms with Gasteiger partial charge in [-0.1, -0.05) is 19.8 Å². The molecule has 1 aliphatic carbocycles. The summed E-state index contributed by atoms with van der Waals surface area (Å²) in [7, 11) is 0. The lowest BCUT2D eigenvalue weighted by Gasteiger charge is -2.07. The molecule has 0 N–H and O–H groups in total. The lowest BCUT2D eigenvalue weighted by Crippen LogP contribution is -2.13. The van der Waals surface area contributed by atoms with Crippen molar-refractivity contribution in [1.82, 2.24) is 0 Å². The molecule has 0 aliphatic heterocycles. The van der Waals surface area contributed by atoms with Gasteiger partial charge in [0.1, 0.15) is 0 Å². The Morgan fingerprint density at radius 2 is 2.27 bits per heavy atom. The molecule has 0 bridgehead atoms. The molecule has 64 valence electrons. The molecule has 11 heavy (non-hydrogen) atoms. The minimum Gasteiger partial charge on any atom is -0.265 e. The van der Waals surface area contributed by atoms with E-state index in [1.807, 2.05) is 6.92 Å². The van der Waals surface area contributed by atoms with Gasteiger partial charge in [-0.25, -0.2) is 0 Å². The number of hydrogen-bond acceptors (Lipinski definition) is 2. The largest absolute Gasteiger partial charge is 0.265 e. The predicted molar refractivity (Wildman–Crippen MR) is 43.0 cm³/mol. The maximum atomic E-state index is 10.2. The summed E-state index contributed by atoms with van der Waals surface area (Å²) >= 11 is 0. The minimum absolute atomic E-state index is 0.174. The molecule has 0 aromatic heterocycles. The first-order valence-electron chi connectivity index (χ1n) is 4.34. The highest BCUT2D eigenvalue weighted by atomic mass is 16.6. The van der Waals surface area contributed by atoms with Gasteiger partial charge in [-0.05, 0) is 18.8 Å². The van der Waals surface area contributed by atoms with Crippen LogP contribution in [0.2, 0.25) is 0 Å². The van der Waals surface area contributed by atoms with Crippen molar-refractivity contribution in [3.8, 4) is 0 Å². The van der Waals surface area contributed by atoms with Crippen LogP contribution in [0.15, 0.2) is 0 Å². The van der Waals surface area contributed by atoms with E-state index in [0.29, 0.717) is 5.92 Å². The Labute approximate surface area is 66.9 Å². The fourth-order valence-corrected chi connectivity index (χ4v) is 1.41. The maximum Gasteiger partial charge on any atom is 0.206 e. The monoisotopic (exact) mass is 157 g/mol. The second-order valence-electron chi connectivity index (χ2n) is 3.47. The number of hydrogen-bond donors (Lipinski definition) is 0. The summed E-state index contributed by atoms with van der Waals surface area (Å²) in [5.41, 5.74) is 0. The summed E-state index contributed by atoms with van der Waals surface area (Å²) in [4.78, 5) is 9.99. The number of nitrogens with zero attached hydrogens (tertiary/aromatic N) is 1. The van der Waals surface area contributed by atoms with Crippen molar-refractivity contribution in [3.63, 3.8) is 0 Å². The Bertz CT molecular complexity index is 143. The standard InChI is InChI=1S/C8H15NO2/c1-2-7(6-9(10)11)5-8-3-4-8/h7-8H,2-6H2,1H3. The predicted octanol–water partition coefficient (Wildman–Crippen LogP) is 2.09. The van der Waals surface area contributed by atoms with Crippen LogP contribution in [0.4, 0.5) is 0 Å². The van der Waals surface area contributed by atoms with Crippen LogP contribution in [0.3, 0.4) is 0 Å². The normalized spacial score (nSPS) is 19.7. The zero-order valence-corrected chi connectivity index (χ0v) is 6.95. The van der Waals surface area contributed by atoms with Crippen molar-refractivity contribution >= 4 is 0 Å². The van der Waals surface area contributed by atoms with Crippen LogP contribution in [0.1, 0.15) is 32.6 Å². The topological polar surface area (TPSA) is 43.1 Å². The Hall–Kier alpha value is -0.600. The summed E-state index contributed by atoms with van der Waals surface area (Å²) < 4.78 is 0. The van der Waals surface area contributed by atoms with Crippen LogP contribution in [0.5, 0.6) is 0 Å². The zero-order chi connectivity index (χ0) is 8.27. The van der Waals surface area contributed by atoms with Crippen molar-refractivity contribution in [3.05, 3.63) is 10.1 Å². The van der Waals surface area contributed by atoms with E-state index in [1.165, 1.54) is 12.8 Å². The molecule has 0 radical (unpaired) electrons. The fraction of sp³-hybridized carbons (Fsp3) is 1.00. The molecule has 1 atom stereocenters. The molecule has 1 aliphatic rings. The molecule has 3 heteroatoms. The van der Waals surface area contributed by atoms with Crippen molar-refractivity contribution in [2.45, 2.75) is 32.6 Å². The quantitative estimate of drug-likeness (QED) is 0.453. The highest BCUT2D eigenvalue weighted by Gasteiger charge is 2.26. The van der Waals surface area contributed by atoms with Crippen LogP contribution in [-0.2, 0) is 0 Å². The minimum atomic E-state index is -0.184. The second-order valence-corrected chi connectivity index (χ2v) is 3.47. The molecule has 1 saturated carbocycles. The summed E-state index contributed by atoms with van der Waals surface area (Å²) in [5.74, 6) is 1.15. The van der Waals surface area contributed by atoms with Crippen LogP contribution >= 0.6 is 0 Å². The second kappa shape index (κ2) is 3.69. The Morgan fingerprint density at radius 1 is 1.64 bits per heavy atom. The Balaban J connectivity index is 2.17. The van der Waals surface area contributed by atoms with Gasteiger partial charge in [0, 0.05) is 10.8 Å². The summed E-state index contributed by atoms with van der Waals surface area (Å²) in [5, 5.41) is 10.2. The maximum absolute atomic E-state index is 10.2. The third kappa shape index (κ3) is 3.35. The van der Waals surface area contributed by atoms with Gasteiger partial charge in [0.15, 0.2) is 0 Å². The Kier molecular flexibility index (Phi) is 2.85. The van der Waals surface area contributed by atoms with E-state index in [2.05, 4.69) is 0 Å². The van der Waals surface area contributed by atoms with Crippen molar-refractivity contribution in [2.75, 3.05) is 6.54 Å². The molecule has 0 spiro atoms. The smallest absolute Gasteiger partial charge is 0.206 e. The van der Waals surface area contributed by atoms with Gasteiger partial charge in [0.25, 0.3) is 0 Å². The van der Waals surface area contributed by atoms with Crippen LogP contribution in [0, 0.1) is 22.0 Å². The van der Waals surface area contributed by atoms with Crippen LogP contribution < -0.4 is 0 Å². The molecule has 0 amide bonds. The lowest BCUT2D eigenvalue weighted by molar-refractivity contribution is -0.488. The first-order chi connectivity index (χ1) is 5.22. The number of nitro groups is 1. The average Bonchev–Trinajstić information content (AvgIpc) is 2.69. The molecule has 3 nitrogen and oxygen atoms in total. The molecular weight excluding hydrogens is 142 g/mol. The average molecular weight is 157 g/mol. The number of rotatable bonds is 5. The van der Waals surface area contributed by atoms with Crippen molar-refractivity contribution in [1.29, 1.82) is 0 Å². The van der Waals surface area contributed by atoms with E-state index in [0.717, 1.165) is 18.8 Å². The third-order valence-corrected chi connectivity index (χ3v) is 2.35. The van der Waals surface area contributed by atoms with Gasteiger partial charge in [0.2, 0.25) is 6.54 Å². The molecule has 1 unspecified atom stereocenters. The van der Waals surface area contributed by atoms with Gasteiger partial charge >= 0.3 is 0 Å². The van der Waals surface area contributed by atoms with E-state index in [1.54, 1.807) is 0 Å². The Morgan fingerprint density at radius 3 is 2.64 bits per heavy atom. The highest BCUT2D eigenvalue weighted by molar-refractivity contribution is 4.75. The first-order valence-corrected chi connectivity index (χ1v) is 4.34. The molecule has 0 heterocycles. The third-order valence-electron chi connectivity index (χ3n) is 2.35. The van der Waals surface area contributed by atoms with Crippen molar-refractivity contribution < 1.29 is 4.92 Å². The zero-order valence-electron chi connectivity index (χ0n) is 6.95. The van der Waals surface area contributed by atoms with Crippen LogP contribution in [-0.4, -0.2) is 11.5 Å². The molecule has 0 aromatic rings. The van der Waals surface area contributed by atoms with E-state index in [-0.39, 0.29) is 11.5 Å².